The number of halogens is 1. The van der Waals surface area contributed by atoms with Crippen molar-refractivity contribution in [1.29, 1.82) is 0 Å². The molecule has 1 aromatic rings. The maximum atomic E-state index is 13.7. The summed E-state index contributed by atoms with van der Waals surface area (Å²) in [5.41, 5.74) is 0.00534. The smallest absolute Gasteiger partial charge is 0.410 e. The fourth-order valence-corrected chi connectivity index (χ4v) is 1.43. The lowest BCUT2D eigenvalue weighted by Gasteiger charge is -2.24. The lowest BCUT2D eigenvalue weighted by atomic mass is 10.1. The molecule has 0 heterocycles. The third-order valence-electron chi connectivity index (χ3n) is 2.33. The van der Waals surface area contributed by atoms with Crippen molar-refractivity contribution in [2.45, 2.75) is 32.9 Å². The van der Waals surface area contributed by atoms with E-state index in [1.165, 1.54) is 24.1 Å². The van der Waals surface area contributed by atoms with Gasteiger partial charge in [0.1, 0.15) is 17.7 Å². The Hall–Kier alpha value is -1.91. The van der Waals surface area contributed by atoms with E-state index in [9.17, 15) is 14.0 Å². The summed E-state index contributed by atoms with van der Waals surface area (Å²) in [6, 6.07) is 4.14. The molecule has 1 aromatic carbocycles. The van der Waals surface area contributed by atoms with Crippen molar-refractivity contribution in [2.24, 2.45) is 0 Å². The molecule has 0 fully saturated rings. The van der Waals surface area contributed by atoms with Gasteiger partial charge in [-0.2, -0.15) is 0 Å². The average molecular weight is 267 g/mol. The summed E-state index contributed by atoms with van der Waals surface area (Å²) < 4.78 is 18.8. The summed E-state index contributed by atoms with van der Waals surface area (Å²) in [6.45, 7) is 5.37. The van der Waals surface area contributed by atoms with E-state index < -0.39 is 17.5 Å². The summed E-state index contributed by atoms with van der Waals surface area (Å²) in [7, 11) is 1.53. The van der Waals surface area contributed by atoms with Crippen LogP contribution >= 0.6 is 0 Å². The molecule has 0 aliphatic rings. The normalized spacial score (nSPS) is 11.0. The molecule has 0 aliphatic carbocycles. The summed E-state index contributed by atoms with van der Waals surface area (Å²) in [5.74, 6) is -0.514. The monoisotopic (exact) mass is 267 g/mol. The van der Waals surface area contributed by atoms with Gasteiger partial charge in [0.2, 0.25) is 0 Å². The van der Waals surface area contributed by atoms with Gasteiger partial charge in [0.05, 0.1) is 6.54 Å². The van der Waals surface area contributed by atoms with Crippen LogP contribution in [0.2, 0.25) is 0 Å². The highest BCUT2D eigenvalue weighted by molar-refractivity contribution is 5.74. The second-order valence-corrected chi connectivity index (χ2v) is 5.31. The molecule has 0 unspecified atom stereocenters. The molecule has 4 nitrogen and oxygen atoms in total. The van der Waals surface area contributed by atoms with E-state index in [-0.39, 0.29) is 12.1 Å². The first-order valence-corrected chi connectivity index (χ1v) is 5.90. The summed E-state index contributed by atoms with van der Waals surface area (Å²) in [5, 5.41) is 0. The second kappa shape index (κ2) is 5.82. The number of ether oxygens (including phenoxy) is 1. The second-order valence-electron chi connectivity index (χ2n) is 5.31. The minimum atomic E-state index is -0.592. The highest BCUT2D eigenvalue weighted by Crippen LogP contribution is 2.14. The van der Waals surface area contributed by atoms with Gasteiger partial charge in [-0.3, -0.25) is 4.79 Å². The van der Waals surface area contributed by atoms with Gasteiger partial charge in [-0.1, -0.05) is 12.1 Å². The van der Waals surface area contributed by atoms with Crippen molar-refractivity contribution in [3.63, 3.8) is 0 Å². The molecule has 0 saturated carbocycles. The minimum absolute atomic E-state index is 0.0832. The number of hydrogen-bond acceptors (Lipinski definition) is 3. The summed E-state index contributed by atoms with van der Waals surface area (Å²) in [6.07, 6.45) is 0.0520. The fraction of sp³-hybridized carbons (Fsp3) is 0.429. The summed E-state index contributed by atoms with van der Waals surface area (Å²) in [4.78, 5) is 23.5. The van der Waals surface area contributed by atoms with E-state index in [1.807, 2.05) is 0 Å². The third kappa shape index (κ3) is 4.69. The standard InChI is InChI=1S/C14H18FNO3/c1-14(2,3)19-13(18)16(4)8-11-6-5-10(9-17)7-12(11)15/h5-7,9H,8H2,1-4H3. The summed E-state index contributed by atoms with van der Waals surface area (Å²) >= 11 is 0. The van der Waals surface area contributed by atoms with Crippen LogP contribution in [0.4, 0.5) is 9.18 Å². The van der Waals surface area contributed by atoms with E-state index in [4.69, 9.17) is 4.74 Å². The molecular weight excluding hydrogens is 249 g/mol. The Labute approximate surface area is 112 Å². The molecule has 0 saturated heterocycles. The van der Waals surface area contributed by atoms with Gasteiger partial charge in [0.25, 0.3) is 0 Å². The van der Waals surface area contributed by atoms with Crippen molar-refractivity contribution in [1.82, 2.24) is 4.90 Å². The Balaban J connectivity index is 2.74. The van der Waals surface area contributed by atoms with Gasteiger partial charge < -0.3 is 9.64 Å². The molecule has 0 N–H and O–H groups in total. The highest BCUT2D eigenvalue weighted by Gasteiger charge is 2.20. The van der Waals surface area contributed by atoms with Gasteiger partial charge in [0.15, 0.2) is 0 Å². The van der Waals surface area contributed by atoms with Crippen LogP contribution in [0.1, 0.15) is 36.7 Å². The lowest BCUT2D eigenvalue weighted by Crippen LogP contribution is -2.34. The number of hydrogen-bond donors (Lipinski definition) is 0. The lowest BCUT2D eigenvalue weighted by molar-refractivity contribution is 0.0283. The van der Waals surface area contributed by atoms with Crippen LogP contribution in [-0.2, 0) is 11.3 Å². The number of rotatable bonds is 3. The first kappa shape index (κ1) is 15.1. The Bertz CT molecular complexity index is 480. The largest absolute Gasteiger partial charge is 0.444 e. The Morgan fingerprint density at radius 3 is 2.53 bits per heavy atom. The van der Waals surface area contributed by atoms with Crippen LogP contribution in [0, 0.1) is 5.82 Å². The van der Waals surface area contributed by atoms with E-state index >= 15 is 0 Å². The predicted octanol–water partition coefficient (Wildman–Crippen LogP) is 3.01. The Morgan fingerprint density at radius 1 is 1.42 bits per heavy atom. The van der Waals surface area contributed by atoms with Crippen LogP contribution in [0.25, 0.3) is 0 Å². The molecular formula is C14H18FNO3. The predicted molar refractivity (Wildman–Crippen MR) is 69.5 cm³/mol. The molecule has 0 aliphatic heterocycles. The molecule has 0 atom stereocenters. The van der Waals surface area contributed by atoms with Crippen molar-refractivity contribution in [2.75, 3.05) is 7.05 Å². The number of carbonyl (C=O) groups excluding carboxylic acids is 2. The zero-order chi connectivity index (χ0) is 14.6. The molecule has 0 aromatic heterocycles. The van der Waals surface area contributed by atoms with Crippen LogP contribution in [0.5, 0.6) is 0 Å². The van der Waals surface area contributed by atoms with E-state index in [0.29, 0.717) is 11.8 Å². The minimum Gasteiger partial charge on any atom is -0.444 e. The number of aldehydes is 1. The van der Waals surface area contributed by atoms with Crippen molar-refractivity contribution in [3.8, 4) is 0 Å². The van der Waals surface area contributed by atoms with Crippen molar-refractivity contribution >= 4 is 12.4 Å². The molecule has 5 heteroatoms. The van der Waals surface area contributed by atoms with Crippen LogP contribution in [0.3, 0.4) is 0 Å². The molecule has 0 bridgehead atoms. The first-order chi connectivity index (χ1) is 8.73. The van der Waals surface area contributed by atoms with Crippen molar-refractivity contribution in [3.05, 3.63) is 35.1 Å². The maximum absolute atomic E-state index is 13.7. The SMILES string of the molecule is CN(Cc1ccc(C=O)cc1F)C(=O)OC(C)(C)C. The number of amides is 1. The number of nitrogens with zero attached hydrogens (tertiary/aromatic N) is 1. The zero-order valence-electron chi connectivity index (χ0n) is 11.6. The quantitative estimate of drug-likeness (QED) is 0.791. The molecule has 19 heavy (non-hydrogen) atoms. The van der Waals surface area contributed by atoms with Gasteiger partial charge in [-0.05, 0) is 26.8 Å². The maximum Gasteiger partial charge on any atom is 0.410 e. The zero-order valence-corrected chi connectivity index (χ0v) is 11.6. The first-order valence-electron chi connectivity index (χ1n) is 5.90. The number of carbonyl (C=O) groups is 2. The Kier molecular flexibility index (Phi) is 4.64. The van der Waals surface area contributed by atoms with Gasteiger partial charge >= 0.3 is 6.09 Å². The molecule has 1 rings (SSSR count). The van der Waals surface area contributed by atoms with E-state index in [0.717, 1.165) is 6.07 Å². The molecule has 1 amide bonds. The molecule has 0 radical (unpaired) electrons. The Morgan fingerprint density at radius 2 is 2.05 bits per heavy atom. The van der Waals surface area contributed by atoms with Crippen LogP contribution < -0.4 is 0 Å². The third-order valence-corrected chi connectivity index (χ3v) is 2.33. The molecule has 0 spiro atoms. The van der Waals surface area contributed by atoms with E-state index in [1.54, 1.807) is 20.8 Å². The molecule has 104 valence electrons. The van der Waals surface area contributed by atoms with Crippen molar-refractivity contribution < 1.29 is 18.7 Å². The number of benzene rings is 1. The van der Waals surface area contributed by atoms with Crippen LogP contribution in [-0.4, -0.2) is 29.9 Å². The van der Waals surface area contributed by atoms with Gasteiger partial charge in [-0.15, -0.1) is 0 Å². The van der Waals surface area contributed by atoms with Gasteiger partial charge in [-0.25, -0.2) is 9.18 Å². The van der Waals surface area contributed by atoms with Gasteiger partial charge in [0, 0.05) is 18.2 Å². The van der Waals surface area contributed by atoms with Crippen LogP contribution in [0.15, 0.2) is 18.2 Å². The average Bonchev–Trinajstić information content (AvgIpc) is 2.29. The van der Waals surface area contributed by atoms with E-state index in [2.05, 4.69) is 0 Å². The topological polar surface area (TPSA) is 46.6 Å². The fourth-order valence-electron chi connectivity index (χ4n) is 1.43. The highest BCUT2D eigenvalue weighted by atomic mass is 19.1.